The van der Waals surface area contributed by atoms with Gasteiger partial charge >= 0.3 is 6.09 Å². The van der Waals surface area contributed by atoms with Crippen LogP contribution in [0.15, 0.2) is 30.5 Å². The quantitative estimate of drug-likeness (QED) is 0.758. The van der Waals surface area contributed by atoms with Gasteiger partial charge < -0.3 is 15.8 Å². The normalized spacial score (nSPS) is 12.6. The summed E-state index contributed by atoms with van der Waals surface area (Å²) >= 11 is 0. The van der Waals surface area contributed by atoms with Crippen LogP contribution in [0.2, 0.25) is 0 Å². The van der Waals surface area contributed by atoms with Crippen molar-refractivity contribution < 1.29 is 19.1 Å². The average molecular weight is 373 g/mol. The molecule has 0 saturated carbocycles. The number of hydrogen-bond acceptors (Lipinski definition) is 4. The Morgan fingerprint density at radius 3 is 2.48 bits per heavy atom. The van der Waals surface area contributed by atoms with E-state index >= 15 is 0 Å². The van der Waals surface area contributed by atoms with Gasteiger partial charge in [0.2, 0.25) is 5.91 Å². The Kier molecular flexibility index (Phi) is 6.25. The number of carbonyl (C=O) groups excluding carboxylic acids is 3. The number of amides is 2. The molecule has 1 atom stereocenters. The molecule has 2 rings (SSSR count). The summed E-state index contributed by atoms with van der Waals surface area (Å²) in [5, 5.41) is 3.80. The van der Waals surface area contributed by atoms with E-state index in [-0.39, 0.29) is 29.9 Å². The van der Waals surface area contributed by atoms with Crippen LogP contribution in [0.5, 0.6) is 0 Å². The summed E-state index contributed by atoms with van der Waals surface area (Å²) in [7, 11) is 0. The van der Waals surface area contributed by atoms with Crippen LogP contribution in [-0.2, 0) is 4.74 Å². The SMILES string of the molecule is CC(=O)n1cc(C(=O)NC(CCCOC(N)=O)C(C)(C)C)c2ccccc21. The Morgan fingerprint density at radius 1 is 1.22 bits per heavy atom. The Hall–Kier alpha value is -2.83. The van der Waals surface area contributed by atoms with Crippen molar-refractivity contribution in [2.45, 2.75) is 46.6 Å². The summed E-state index contributed by atoms with van der Waals surface area (Å²) in [6.45, 7) is 7.77. The topological polar surface area (TPSA) is 103 Å². The molecule has 0 fully saturated rings. The van der Waals surface area contributed by atoms with Gasteiger partial charge in [0, 0.05) is 24.5 Å². The zero-order chi connectivity index (χ0) is 20.2. The van der Waals surface area contributed by atoms with Crippen LogP contribution in [0.25, 0.3) is 10.9 Å². The molecule has 1 aromatic carbocycles. The predicted molar refractivity (Wildman–Crippen MR) is 104 cm³/mol. The van der Waals surface area contributed by atoms with Crippen molar-refractivity contribution in [3.8, 4) is 0 Å². The number of nitrogens with one attached hydrogen (secondary N) is 1. The van der Waals surface area contributed by atoms with Crippen LogP contribution in [0.1, 0.15) is 55.7 Å². The fourth-order valence-corrected chi connectivity index (χ4v) is 3.04. The van der Waals surface area contributed by atoms with Crippen LogP contribution in [-0.4, -0.2) is 35.1 Å². The number of fused-ring (bicyclic) bond motifs is 1. The molecule has 0 aliphatic carbocycles. The molecule has 3 N–H and O–H groups in total. The molecule has 7 nitrogen and oxygen atoms in total. The Morgan fingerprint density at radius 2 is 1.89 bits per heavy atom. The molecular weight excluding hydrogens is 346 g/mol. The highest BCUT2D eigenvalue weighted by Gasteiger charge is 2.27. The standard InChI is InChI=1S/C20H27N3O4/c1-13(24)23-12-15(14-8-5-6-9-16(14)23)18(25)22-17(20(2,3)4)10-7-11-27-19(21)26/h5-6,8-9,12,17H,7,10-11H2,1-4H3,(H2,21,26)(H,22,25). The minimum atomic E-state index is -0.802. The fourth-order valence-electron chi connectivity index (χ4n) is 3.04. The van der Waals surface area contributed by atoms with Crippen molar-refractivity contribution in [2.75, 3.05) is 6.61 Å². The van der Waals surface area contributed by atoms with Gasteiger partial charge in [0.25, 0.3) is 5.91 Å². The second-order valence-electron chi connectivity index (χ2n) is 7.65. The van der Waals surface area contributed by atoms with E-state index in [4.69, 9.17) is 10.5 Å². The van der Waals surface area contributed by atoms with Gasteiger partial charge in [0.1, 0.15) is 0 Å². The minimum absolute atomic E-state index is 0.138. The van der Waals surface area contributed by atoms with Crippen LogP contribution >= 0.6 is 0 Å². The lowest BCUT2D eigenvalue weighted by Gasteiger charge is -2.31. The third kappa shape index (κ3) is 5.09. The van der Waals surface area contributed by atoms with Gasteiger partial charge in [-0.15, -0.1) is 0 Å². The molecule has 0 saturated heterocycles. The number of primary amides is 1. The van der Waals surface area contributed by atoms with Gasteiger partial charge in [-0.1, -0.05) is 39.0 Å². The number of para-hydroxylation sites is 1. The zero-order valence-corrected chi connectivity index (χ0v) is 16.2. The molecule has 2 aromatic rings. The van der Waals surface area contributed by atoms with Gasteiger partial charge in [-0.05, 0) is 24.3 Å². The third-order valence-corrected chi connectivity index (χ3v) is 4.53. The van der Waals surface area contributed by atoms with Crippen molar-refractivity contribution in [3.05, 3.63) is 36.0 Å². The van der Waals surface area contributed by atoms with Crippen LogP contribution < -0.4 is 11.1 Å². The number of nitrogens with zero attached hydrogens (tertiary/aromatic N) is 1. The monoisotopic (exact) mass is 373 g/mol. The smallest absolute Gasteiger partial charge is 0.404 e. The summed E-state index contributed by atoms with van der Waals surface area (Å²) in [4.78, 5) is 35.5. The number of ether oxygens (including phenoxy) is 1. The maximum atomic E-state index is 13.0. The maximum Gasteiger partial charge on any atom is 0.404 e. The highest BCUT2D eigenvalue weighted by atomic mass is 16.5. The molecule has 0 spiro atoms. The van der Waals surface area contributed by atoms with E-state index in [1.807, 2.05) is 45.0 Å². The predicted octanol–water partition coefficient (Wildman–Crippen LogP) is 3.32. The van der Waals surface area contributed by atoms with Crippen molar-refractivity contribution in [1.29, 1.82) is 0 Å². The van der Waals surface area contributed by atoms with Gasteiger partial charge in [0.15, 0.2) is 0 Å². The lowest BCUT2D eigenvalue weighted by atomic mass is 9.84. The van der Waals surface area contributed by atoms with Gasteiger partial charge in [-0.25, -0.2) is 4.79 Å². The van der Waals surface area contributed by atoms with Gasteiger partial charge in [-0.3, -0.25) is 14.2 Å². The van der Waals surface area contributed by atoms with Crippen molar-refractivity contribution in [1.82, 2.24) is 9.88 Å². The van der Waals surface area contributed by atoms with Gasteiger partial charge in [-0.2, -0.15) is 0 Å². The summed E-state index contributed by atoms with van der Waals surface area (Å²) in [5.74, 6) is -0.386. The van der Waals surface area contributed by atoms with Crippen molar-refractivity contribution in [3.63, 3.8) is 0 Å². The molecule has 0 aliphatic heterocycles. The minimum Gasteiger partial charge on any atom is -0.450 e. The Bertz CT molecular complexity index is 849. The van der Waals surface area contributed by atoms with E-state index in [1.165, 1.54) is 11.5 Å². The fraction of sp³-hybridized carbons (Fsp3) is 0.450. The first-order valence-electron chi connectivity index (χ1n) is 8.95. The first kappa shape index (κ1) is 20.5. The average Bonchev–Trinajstić information content (AvgIpc) is 2.96. The van der Waals surface area contributed by atoms with Gasteiger partial charge in [0.05, 0.1) is 17.7 Å². The molecule has 0 bridgehead atoms. The second-order valence-corrected chi connectivity index (χ2v) is 7.65. The summed E-state index contributed by atoms with van der Waals surface area (Å²) < 4.78 is 6.25. The number of nitrogens with two attached hydrogens (primary N) is 1. The number of aromatic nitrogens is 1. The highest BCUT2D eigenvalue weighted by molar-refractivity contribution is 6.09. The largest absolute Gasteiger partial charge is 0.450 e. The zero-order valence-electron chi connectivity index (χ0n) is 16.2. The van der Waals surface area contributed by atoms with Crippen LogP contribution in [0, 0.1) is 5.41 Å². The first-order valence-corrected chi connectivity index (χ1v) is 8.95. The van der Waals surface area contributed by atoms with Crippen LogP contribution in [0.3, 0.4) is 0 Å². The summed E-state index contributed by atoms with van der Waals surface area (Å²) in [6, 6.07) is 7.18. The molecule has 146 valence electrons. The van der Waals surface area contributed by atoms with E-state index in [9.17, 15) is 14.4 Å². The number of rotatable bonds is 6. The second kappa shape index (κ2) is 8.24. The molecule has 7 heteroatoms. The van der Waals surface area contributed by atoms with Crippen molar-refractivity contribution in [2.24, 2.45) is 11.1 Å². The maximum absolute atomic E-state index is 13.0. The third-order valence-electron chi connectivity index (χ3n) is 4.53. The molecule has 1 unspecified atom stereocenters. The highest BCUT2D eigenvalue weighted by Crippen LogP contribution is 2.25. The Balaban J connectivity index is 2.21. The molecular formula is C20H27N3O4. The molecule has 0 radical (unpaired) electrons. The lowest BCUT2D eigenvalue weighted by Crippen LogP contribution is -2.43. The van der Waals surface area contributed by atoms with E-state index < -0.39 is 6.09 Å². The molecule has 1 heterocycles. The van der Waals surface area contributed by atoms with E-state index in [2.05, 4.69) is 5.32 Å². The number of benzene rings is 1. The van der Waals surface area contributed by atoms with Crippen molar-refractivity contribution >= 4 is 28.8 Å². The van der Waals surface area contributed by atoms with E-state index in [0.717, 1.165) is 5.39 Å². The molecule has 2 amide bonds. The molecule has 0 aliphatic rings. The summed E-state index contributed by atoms with van der Waals surface area (Å²) in [6.07, 6.45) is 2.00. The summed E-state index contributed by atoms with van der Waals surface area (Å²) in [5.41, 5.74) is 5.94. The number of carbonyl (C=O) groups is 3. The first-order chi connectivity index (χ1) is 12.6. The van der Waals surface area contributed by atoms with E-state index in [1.54, 1.807) is 6.20 Å². The lowest BCUT2D eigenvalue weighted by molar-refractivity contribution is 0.0890. The Labute approximate surface area is 158 Å². The van der Waals surface area contributed by atoms with Crippen LogP contribution in [0.4, 0.5) is 4.79 Å². The van der Waals surface area contributed by atoms with E-state index in [0.29, 0.717) is 23.9 Å². The number of hydrogen-bond donors (Lipinski definition) is 2. The molecule has 27 heavy (non-hydrogen) atoms. The molecule has 1 aromatic heterocycles.